The number of rotatable bonds is 6. The van der Waals surface area contributed by atoms with Gasteiger partial charge in [-0.25, -0.2) is 0 Å². The molecule has 142 valence electrons. The van der Waals surface area contributed by atoms with Gasteiger partial charge in [0.05, 0.1) is 7.11 Å². The van der Waals surface area contributed by atoms with E-state index >= 15 is 0 Å². The van der Waals surface area contributed by atoms with Gasteiger partial charge in [-0.15, -0.1) is 0 Å². The molecule has 3 rings (SSSR count). The second-order valence-corrected chi connectivity index (χ2v) is 7.48. The van der Waals surface area contributed by atoms with E-state index in [0.29, 0.717) is 39.0 Å². The number of benzene rings is 1. The second-order valence-electron chi connectivity index (χ2n) is 7.48. The largest absolute Gasteiger partial charge is 0.497 e. The van der Waals surface area contributed by atoms with Crippen molar-refractivity contribution >= 4 is 11.8 Å². The van der Waals surface area contributed by atoms with Crippen LogP contribution in [0.5, 0.6) is 5.75 Å². The molecule has 2 fully saturated rings. The molecule has 0 aromatic heterocycles. The van der Waals surface area contributed by atoms with Crippen molar-refractivity contribution in [1.29, 1.82) is 0 Å². The summed E-state index contributed by atoms with van der Waals surface area (Å²) >= 11 is 0. The topological polar surface area (TPSA) is 49.9 Å². The summed E-state index contributed by atoms with van der Waals surface area (Å²) in [6.07, 6.45) is 7.26. The minimum atomic E-state index is 0.131. The molecule has 2 amide bonds. The molecule has 0 radical (unpaired) electrons. The fraction of sp³-hybridized carbons (Fsp3) is 0.619. The highest BCUT2D eigenvalue weighted by Gasteiger charge is 2.24. The Balaban J connectivity index is 1.50. The van der Waals surface area contributed by atoms with Gasteiger partial charge in [0.2, 0.25) is 11.8 Å². The van der Waals surface area contributed by atoms with Crippen LogP contribution in [0.15, 0.2) is 24.3 Å². The minimum Gasteiger partial charge on any atom is -0.497 e. The summed E-state index contributed by atoms with van der Waals surface area (Å²) in [7, 11) is 1.64. The number of amides is 2. The molecule has 5 heteroatoms. The molecule has 0 N–H and O–H groups in total. The number of carbonyl (C=O) groups excluding carboxylic acids is 2. The molecule has 1 saturated carbocycles. The third kappa shape index (κ3) is 4.99. The van der Waals surface area contributed by atoms with Gasteiger partial charge in [-0.1, -0.05) is 37.8 Å². The molecule has 26 heavy (non-hydrogen) atoms. The Morgan fingerprint density at radius 2 is 1.85 bits per heavy atom. The first-order valence-corrected chi connectivity index (χ1v) is 9.84. The van der Waals surface area contributed by atoms with Gasteiger partial charge in [0.15, 0.2) is 0 Å². The van der Waals surface area contributed by atoms with Crippen LogP contribution in [-0.2, 0) is 16.1 Å². The average Bonchev–Trinajstić information content (AvgIpc) is 3.12. The summed E-state index contributed by atoms with van der Waals surface area (Å²) in [5.74, 6) is 1.90. The zero-order chi connectivity index (χ0) is 18.4. The molecule has 0 spiro atoms. The van der Waals surface area contributed by atoms with Gasteiger partial charge in [0.1, 0.15) is 5.75 Å². The maximum Gasteiger partial charge on any atom is 0.224 e. The van der Waals surface area contributed by atoms with E-state index in [9.17, 15) is 9.59 Å². The molecule has 1 heterocycles. The highest BCUT2D eigenvalue weighted by molar-refractivity contribution is 5.80. The van der Waals surface area contributed by atoms with Crippen molar-refractivity contribution in [1.82, 2.24) is 9.80 Å². The molecule has 1 aromatic carbocycles. The Bertz CT molecular complexity index is 608. The summed E-state index contributed by atoms with van der Waals surface area (Å²) in [6.45, 7) is 2.40. The lowest BCUT2D eigenvalue weighted by Gasteiger charge is -2.23. The number of methoxy groups -OCH3 is 1. The van der Waals surface area contributed by atoms with Crippen molar-refractivity contribution in [2.24, 2.45) is 5.92 Å². The van der Waals surface area contributed by atoms with Crippen molar-refractivity contribution in [2.75, 3.05) is 26.7 Å². The Hall–Kier alpha value is -2.04. The predicted octanol–water partition coefficient (Wildman–Crippen LogP) is 3.23. The van der Waals surface area contributed by atoms with E-state index < -0.39 is 0 Å². The Kier molecular flexibility index (Phi) is 6.53. The van der Waals surface area contributed by atoms with Crippen LogP contribution in [0.1, 0.15) is 50.5 Å². The molecule has 2 aliphatic rings. The quantitative estimate of drug-likeness (QED) is 0.784. The number of carbonyl (C=O) groups is 2. The van der Waals surface area contributed by atoms with Gasteiger partial charge < -0.3 is 14.5 Å². The summed E-state index contributed by atoms with van der Waals surface area (Å²) < 4.78 is 5.18. The van der Waals surface area contributed by atoms with Crippen LogP contribution in [0.2, 0.25) is 0 Å². The van der Waals surface area contributed by atoms with Crippen LogP contribution in [0.25, 0.3) is 0 Å². The van der Waals surface area contributed by atoms with Gasteiger partial charge >= 0.3 is 0 Å². The van der Waals surface area contributed by atoms with Gasteiger partial charge in [0.25, 0.3) is 0 Å². The van der Waals surface area contributed by atoms with Gasteiger partial charge in [-0.3, -0.25) is 9.59 Å². The van der Waals surface area contributed by atoms with Crippen molar-refractivity contribution in [3.63, 3.8) is 0 Å². The summed E-state index contributed by atoms with van der Waals surface area (Å²) in [6, 6.07) is 7.80. The van der Waals surface area contributed by atoms with E-state index in [2.05, 4.69) is 0 Å². The smallest absolute Gasteiger partial charge is 0.224 e. The second kappa shape index (κ2) is 9.06. The van der Waals surface area contributed by atoms with Crippen molar-refractivity contribution < 1.29 is 14.3 Å². The zero-order valence-corrected chi connectivity index (χ0v) is 15.8. The first-order chi connectivity index (χ1) is 12.7. The fourth-order valence-corrected chi connectivity index (χ4v) is 4.02. The molecule has 5 nitrogen and oxygen atoms in total. The van der Waals surface area contributed by atoms with Crippen LogP contribution >= 0.6 is 0 Å². The Morgan fingerprint density at radius 3 is 2.54 bits per heavy atom. The van der Waals surface area contributed by atoms with Crippen LogP contribution in [0, 0.1) is 5.92 Å². The lowest BCUT2D eigenvalue weighted by Crippen LogP contribution is -2.35. The molecule has 0 bridgehead atoms. The third-order valence-corrected chi connectivity index (χ3v) is 5.71. The van der Waals surface area contributed by atoms with Crippen LogP contribution in [0.4, 0.5) is 0 Å². The maximum absolute atomic E-state index is 12.5. The van der Waals surface area contributed by atoms with Crippen molar-refractivity contribution in [2.45, 2.75) is 51.5 Å². The molecular formula is C21H30N2O3. The van der Waals surface area contributed by atoms with Gasteiger partial charge in [-0.05, 0) is 30.0 Å². The molecule has 1 aliphatic heterocycles. The van der Waals surface area contributed by atoms with E-state index in [1.165, 1.54) is 25.7 Å². The molecule has 1 aliphatic carbocycles. The number of hydrogen-bond donors (Lipinski definition) is 0. The number of ether oxygens (including phenoxy) is 1. The molecule has 1 saturated heterocycles. The standard InChI is InChI=1S/C21H30N2O3/c1-26-19-9-6-18(7-10-19)16-23-15-14-22(13-12-21(23)25)20(24)11-8-17-4-2-3-5-17/h6-7,9-10,17H,2-5,8,11-16H2,1H3. The van der Waals surface area contributed by atoms with Crippen molar-refractivity contribution in [3.8, 4) is 5.75 Å². The Morgan fingerprint density at radius 1 is 1.12 bits per heavy atom. The van der Waals surface area contributed by atoms with Crippen LogP contribution in [-0.4, -0.2) is 48.4 Å². The van der Waals surface area contributed by atoms with E-state index in [0.717, 1.165) is 23.7 Å². The van der Waals surface area contributed by atoms with E-state index in [-0.39, 0.29) is 11.8 Å². The van der Waals surface area contributed by atoms with Gasteiger partial charge in [0, 0.05) is 39.0 Å². The highest BCUT2D eigenvalue weighted by Crippen LogP contribution is 2.28. The highest BCUT2D eigenvalue weighted by atomic mass is 16.5. The average molecular weight is 358 g/mol. The predicted molar refractivity (Wildman–Crippen MR) is 101 cm³/mol. The SMILES string of the molecule is COc1ccc(CN2CCN(C(=O)CCC3CCCC3)CCC2=O)cc1. The lowest BCUT2D eigenvalue weighted by atomic mass is 10.0. The van der Waals surface area contributed by atoms with Crippen molar-refractivity contribution in [3.05, 3.63) is 29.8 Å². The molecular weight excluding hydrogens is 328 g/mol. The zero-order valence-electron chi connectivity index (χ0n) is 15.8. The maximum atomic E-state index is 12.5. The summed E-state index contributed by atoms with van der Waals surface area (Å²) in [5.41, 5.74) is 1.08. The van der Waals surface area contributed by atoms with Crippen LogP contribution < -0.4 is 4.74 Å². The molecule has 0 atom stereocenters. The van der Waals surface area contributed by atoms with E-state index in [1.807, 2.05) is 34.1 Å². The Labute approximate surface area is 156 Å². The van der Waals surface area contributed by atoms with Gasteiger partial charge in [-0.2, -0.15) is 0 Å². The monoisotopic (exact) mass is 358 g/mol. The summed E-state index contributed by atoms with van der Waals surface area (Å²) in [4.78, 5) is 28.7. The number of nitrogens with zero attached hydrogens (tertiary/aromatic N) is 2. The third-order valence-electron chi connectivity index (χ3n) is 5.71. The fourth-order valence-electron chi connectivity index (χ4n) is 4.02. The number of hydrogen-bond acceptors (Lipinski definition) is 3. The lowest BCUT2D eigenvalue weighted by molar-refractivity contribution is -0.131. The first-order valence-electron chi connectivity index (χ1n) is 9.84. The normalized spacial score (nSPS) is 18.9. The van der Waals surface area contributed by atoms with E-state index in [4.69, 9.17) is 4.74 Å². The van der Waals surface area contributed by atoms with E-state index in [1.54, 1.807) is 7.11 Å². The molecule has 1 aromatic rings. The van der Waals surface area contributed by atoms with Crippen LogP contribution in [0.3, 0.4) is 0 Å². The molecule has 0 unspecified atom stereocenters. The first kappa shape index (κ1) is 18.7. The summed E-state index contributed by atoms with van der Waals surface area (Å²) in [5, 5.41) is 0. The minimum absolute atomic E-state index is 0.131.